The van der Waals surface area contributed by atoms with Gasteiger partial charge in [-0.3, -0.25) is 0 Å². The van der Waals surface area contributed by atoms with Crippen LogP contribution < -0.4 is 0 Å². The van der Waals surface area contributed by atoms with Crippen molar-refractivity contribution in [3.63, 3.8) is 0 Å². The molecule has 10 fully saturated rings. The lowest BCUT2D eigenvalue weighted by Gasteiger charge is -2.34. The van der Waals surface area contributed by atoms with Crippen LogP contribution in [0.4, 0.5) is 0 Å². The molecule has 10 rings (SSSR count). The lowest BCUT2D eigenvalue weighted by atomic mass is 9.73. The molecule has 10 saturated carbocycles. The number of allylic oxidation sites excluding steroid dienone is 6. The van der Waals surface area contributed by atoms with Gasteiger partial charge in [0.2, 0.25) is 0 Å². The molecule has 0 heterocycles. The topological polar surface area (TPSA) is 0 Å². The molecular formula is C97H170Al2. The van der Waals surface area contributed by atoms with Gasteiger partial charge in [0.15, 0.2) is 0 Å². The number of fused-ring (bicyclic) bond motifs is 5. The predicted molar refractivity (Wildman–Crippen MR) is 446 cm³/mol. The largest absolute Gasteiger partial charge is 0.261 e. The number of hydrogen-bond donors (Lipinski definition) is 0. The predicted octanol–water partition coefficient (Wildman–Crippen LogP) is 31.9. The standard InChI is InChI=1S/C17H29.C16H26.2C14H29.3C12H19.2Al/c1-3-4-5-6-7-8-15-10-12-17-14(2)9-11-16(17)13-15;1-3-4-5-6-7-14-9-11-16-13(2)8-10-15(16)12-14;2*1-5-7-8-9-10-11-14(4)12-13(3)6-2;2*1-3-10-5-7-12-9(2)4-6-11(12)8-10;1-3-10-5-7-11-6-4-9(2)12(11)8-10;;/h15-17H,1-13H2;3,14-16H,1-2,4-12H2;2*13-14H,1,5-12H2,2-4H3;3*10-12H,1-8H2;;. The van der Waals surface area contributed by atoms with Crippen molar-refractivity contribution in [2.75, 3.05) is 0 Å². The molecule has 0 aromatic carbocycles. The summed E-state index contributed by atoms with van der Waals surface area (Å²) in [6.45, 7) is 40.3. The second-order valence-corrected chi connectivity index (χ2v) is 45.9. The van der Waals surface area contributed by atoms with Crippen LogP contribution in [-0.2, 0) is 0 Å². The Labute approximate surface area is 629 Å². The van der Waals surface area contributed by atoms with Gasteiger partial charge in [0.05, 0.1) is 0 Å². The summed E-state index contributed by atoms with van der Waals surface area (Å²) in [7, 11) is 0. The third-order valence-electron chi connectivity index (χ3n) is 31.3. The number of hydrogen-bond acceptors (Lipinski definition) is 0. The van der Waals surface area contributed by atoms with Crippen LogP contribution in [0.25, 0.3) is 0 Å². The first-order chi connectivity index (χ1) is 48.2. The SMILES string of the molecule is C=C1CCC2CC(CCCCCC[CH2][Al]([CH2]CCCCCCC(C)CC(C)CC)[CH2]CCCCCCC(C)CC(C)CC)CCC12.C=C1CCC2CC(C[CH2][Al]([CH2]CC3CCC4C(=C)CCC4C3)[CH2]CC3CCC4CCC(=C)C4C3)CCC12.C=CCCCCC1CCC2C(=C)CCC2C1. The maximum absolute atomic E-state index is 4.48. The summed E-state index contributed by atoms with van der Waals surface area (Å²) < 4.78 is 0. The molecule has 99 heavy (non-hydrogen) atoms. The quantitative estimate of drug-likeness (QED) is 0.0324. The molecule has 19 atom stereocenters. The Morgan fingerprint density at radius 1 is 0.303 bits per heavy atom. The maximum Gasteiger partial charge on any atom is 0.261 e. The summed E-state index contributed by atoms with van der Waals surface area (Å²) in [5, 5.41) is 9.99. The van der Waals surface area contributed by atoms with Crippen LogP contribution in [0, 0.1) is 112 Å². The fraction of sp³-hybridized carbons (Fsp3) is 0.876. The molecule has 2 heteroatoms. The number of unbranched alkanes of at least 4 members (excludes halogenated alkanes) is 14. The smallest absolute Gasteiger partial charge is 0.103 e. The molecule has 0 spiro atoms. The van der Waals surface area contributed by atoms with E-state index in [1.165, 1.54) is 289 Å². The molecule has 0 amide bonds. The van der Waals surface area contributed by atoms with E-state index in [1.807, 2.05) is 0 Å². The van der Waals surface area contributed by atoms with Gasteiger partial charge in [-0.1, -0.05) is 307 Å². The monoisotopic (exact) mass is 1390 g/mol. The van der Waals surface area contributed by atoms with Crippen molar-refractivity contribution in [3.05, 3.63) is 73.4 Å². The van der Waals surface area contributed by atoms with Gasteiger partial charge in [-0.2, -0.15) is 0 Å². The van der Waals surface area contributed by atoms with Crippen LogP contribution in [0.3, 0.4) is 0 Å². The molecule has 0 radical (unpaired) electrons. The van der Waals surface area contributed by atoms with Crippen LogP contribution in [0.15, 0.2) is 73.4 Å². The minimum Gasteiger partial charge on any atom is -0.103 e. The van der Waals surface area contributed by atoms with E-state index >= 15 is 0 Å². The van der Waals surface area contributed by atoms with Gasteiger partial charge in [-0.25, -0.2) is 0 Å². The van der Waals surface area contributed by atoms with Gasteiger partial charge >= 0.3 is 0 Å². The van der Waals surface area contributed by atoms with Gasteiger partial charge in [0, 0.05) is 0 Å². The lowest BCUT2D eigenvalue weighted by Crippen LogP contribution is -2.26. The zero-order valence-corrected chi connectivity index (χ0v) is 70.2. The molecule has 19 unspecified atom stereocenters. The van der Waals surface area contributed by atoms with Crippen LogP contribution in [0.5, 0.6) is 0 Å². The zero-order chi connectivity index (χ0) is 70.1. The van der Waals surface area contributed by atoms with Crippen molar-refractivity contribution in [2.24, 2.45) is 112 Å². The van der Waals surface area contributed by atoms with E-state index in [0.717, 1.165) is 112 Å². The zero-order valence-electron chi connectivity index (χ0n) is 67.9. The van der Waals surface area contributed by atoms with Crippen molar-refractivity contribution in [1.29, 1.82) is 0 Å². The second-order valence-electron chi connectivity index (χ2n) is 39.0. The van der Waals surface area contributed by atoms with E-state index in [0.29, 0.717) is 0 Å². The molecule has 10 aliphatic carbocycles. The van der Waals surface area contributed by atoms with Gasteiger partial charge in [0.25, 0.3) is 28.3 Å². The first-order valence-electron chi connectivity index (χ1n) is 46.1. The van der Waals surface area contributed by atoms with Crippen molar-refractivity contribution < 1.29 is 0 Å². The normalized spacial score (nSPS) is 31.4. The highest BCUT2D eigenvalue weighted by molar-refractivity contribution is 6.59. The summed E-state index contributed by atoms with van der Waals surface area (Å²) in [6, 6.07) is 0. The average Bonchev–Trinajstić information content (AvgIpc) is 1.75. The Morgan fingerprint density at radius 2 is 0.606 bits per heavy atom. The van der Waals surface area contributed by atoms with Crippen molar-refractivity contribution >= 4 is 28.3 Å². The first-order valence-corrected chi connectivity index (χ1v) is 51.0. The Balaban J connectivity index is 0.000000208. The molecule has 0 aromatic heterocycles. The van der Waals surface area contributed by atoms with E-state index in [9.17, 15) is 0 Å². The summed E-state index contributed by atoms with van der Waals surface area (Å²) in [4.78, 5) is 0. The molecule has 0 bridgehead atoms. The van der Waals surface area contributed by atoms with Crippen LogP contribution in [0.2, 0.25) is 31.7 Å². The average molecular weight is 1390 g/mol. The summed E-state index contributed by atoms with van der Waals surface area (Å²) in [5.74, 6) is 18.5. The third-order valence-corrected chi connectivity index (χ3v) is 38.5. The second kappa shape index (κ2) is 47.3. The highest BCUT2D eigenvalue weighted by Crippen LogP contribution is 2.53. The molecule has 0 saturated heterocycles. The lowest BCUT2D eigenvalue weighted by molar-refractivity contribution is 0.213. The first kappa shape index (κ1) is 84.1. The van der Waals surface area contributed by atoms with E-state index in [-0.39, 0.29) is 0 Å². The molecule has 564 valence electrons. The third kappa shape index (κ3) is 29.9. The maximum atomic E-state index is 4.48. The van der Waals surface area contributed by atoms with Crippen LogP contribution >= 0.6 is 0 Å². The molecular weight excluding hydrogens is 1220 g/mol. The van der Waals surface area contributed by atoms with E-state index < -0.39 is 28.3 Å². The Morgan fingerprint density at radius 3 is 0.990 bits per heavy atom. The van der Waals surface area contributed by atoms with Crippen LogP contribution in [0.1, 0.15) is 388 Å². The van der Waals surface area contributed by atoms with Crippen molar-refractivity contribution in [3.8, 4) is 0 Å². The van der Waals surface area contributed by atoms with Crippen molar-refractivity contribution in [1.82, 2.24) is 0 Å². The highest BCUT2D eigenvalue weighted by atomic mass is 27.2. The Hall–Kier alpha value is -0.495. The fourth-order valence-electron chi connectivity index (χ4n) is 24.4. The minimum atomic E-state index is -0.633. The summed E-state index contributed by atoms with van der Waals surface area (Å²) in [5.41, 5.74) is 8.00. The van der Waals surface area contributed by atoms with E-state index in [4.69, 9.17) is 0 Å². The van der Waals surface area contributed by atoms with E-state index in [1.54, 1.807) is 117 Å². The minimum absolute atomic E-state index is 0.530. The molecule has 0 nitrogen and oxygen atoms in total. The summed E-state index contributed by atoms with van der Waals surface area (Å²) in [6.07, 6.45) is 81.6. The summed E-state index contributed by atoms with van der Waals surface area (Å²) >= 11 is -1.16. The fourth-order valence-corrected chi connectivity index (χ4v) is 31.5. The number of rotatable bonds is 44. The van der Waals surface area contributed by atoms with Crippen LogP contribution in [-0.4, -0.2) is 28.3 Å². The molecule has 0 aromatic rings. The molecule has 0 N–H and O–H groups in total. The van der Waals surface area contributed by atoms with Gasteiger partial charge in [-0.05, 0) is 292 Å². The molecule has 0 aliphatic heterocycles. The van der Waals surface area contributed by atoms with Crippen molar-refractivity contribution in [2.45, 2.75) is 420 Å². The van der Waals surface area contributed by atoms with Gasteiger partial charge in [-0.15, -0.1) is 6.58 Å². The van der Waals surface area contributed by atoms with E-state index in [2.05, 4.69) is 87.1 Å². The van der Waals surface area contributed by atoms with Gasteiger partial charge < -0.3 is 0 Å². The Bertz CT molecular complexity index is 2190. The van der Waals surface area contributed by atoms with Gasteiger partial charge in [0.1, 0.15) is 0 Å². The Kier molecular flexibility index (Phi) is 40.2. The molecule has 10 aliphatic rings. The highest BCUT2D eigenvalue weighted by Gasteiger charge is 2.41.